The van der Waals surface area contributed by atoms with E-state index in [-0.39, 0.29) is 24.0 Å². The highest BCUT2D eigenvalue weighted by Crippen LogP contribution is 2.15. The summed E-state index contributed by atoms with van der Waals surface area (Å²) in [7, 11) is 0. The van der Waals surface area contributed by atoms with Crippen LogP contribution in [0.4, 0.5) is 5.69 Å². The fourth-order valence-electron chi connectivity index (χ4n) is 2.94. The number of rotatable bonds is 7. The highest BCUT2D eigenvalue weighted by Gasteiger charge is 2.20. The third kappa shape index (κ3) is 4.80. The van der Waals surface area contributed by atoms with Crippen molar-refractivity contribution in [3.63, 3.8) is 0 Å². The lowest BCUT2D eigenvalue weighted by Crippen LogP contribution is -2.29. The number of H-pyrrole nitrogens is 1. The first kappa shape index (κ1) is 19.9. The predicted octanol–water partition coefficient (Wildman–Crippen LogP) is 2.14. The van der Waals surface area contributed by atoms with Crippen LogP contribution in [0.2, 0.25) is 0 Å². The third-order valence-electron chi connectivity index (χ3n) is 4.35. The summed E-state index contributed by atoms with van der Waals surface area (Å²) in [5.41, 5.74) is 3.66. The smallest absolute Gasteiger partial charge is 0.272 e. The summed E-state index contributed by atoms with van der Waals surface area (Å²) in [5.74, 6) is -0.142. The van der Waals surface area contributed by atoms with Crippen molar-refractivity contribution < 1.29 is 9.72 Å². The van der Waals surface area contributed by atoms with Crippen molar-refractivity contribution in [3.05, 3.63) is 56.9 Å². The molecule has 0 atom stereocenters. The molecule has 0 saturated carbocycles. The number of nitro groups is 1. The van der Waals surface area contributed by atoms with Gasteiger partial charge in [-0.05, 0) is 24.8 Å². The number of aromatic amines is 1. The van der Waals surface area contributed by atoms with Crippen molar-refractivity contribution in [1.29, 1.82) is 0 Å². The van der Waals surface area contributed by atoms with Crippen LogP contribution >= 0.6 is 12.4 Å². The highest BCUT2D eigenvalue weighted by molar-refractivity contribution is 5.94. The molecule has 3 N–H and O–H groups in total. The number of hydrogen-bond donors (Lipinski definition) is 3. The maximum atomic E-state index is 12.2. The highest BCUT2D eigenvalue weighted by atomic mass is 35.5. The molecule has 0 aliphatic carbocycles. The molecular formula is C17H22ClN5O3. The normalized spacial score (nSPS) is 12.8. The predicted molar refractivity (Wildman–Crippen MR) is 99.6 cm³/mol. The molecule has 9 heteroatoms. The minimum Gasteiger partial charge on any atom is -0.351 e. The van der Waals surface area contributed by atoms with Gasteiger partial charge in [-0.25, -0.2) is 0 Å². The zero-order chi connectivity index (χ0) is 17.6. The molecular weight excluding hydrogens is 358 g/mol. The summed E-state index contributed by atoms with van der Waals surface area (Å²) in [6.07, 6.45) is 3.44. The summed E-state index contributed by atoms with van der Waals surface area (Å²) in [6.45, 7) is 2.16. The number of nitrogens with one attached hydrogen (secondary N) is 3. The van der Waals surface area contributed by atoms with Crippen molar-refractivity contribution in [3.8, 4) is 0 Å². The van der Waals surface area contributed by atoms with Gasteiger partial charge in [0, 0.05) is 49.4 Å². The molecule has 2 aromatic rings. The van der Waals surface area contributed by atoms with Gasteiger partial charge < -0.3 is 10.6 Å². The summed E-state index contributed by atoms with van der Waals surface area (Å²) in [4.78, 5) is 22.4. The van der Waals surface area contributed by atoms with Crippen LogP contribution in [-0.2, 0) is 19.4 Å². The summed E-state index contributed by atoms with van der Waals surface area (Å²) in [6, 6.07) is 6.59. The number of hydrogen-bond acceptors (Lipinski definition) is 5. The number of aromatic nitrogens is 2. The van der Waals surface area contributed by atoms with Gasteiger partial charge in [-0.15, -0.1) is 12.4 Å². The Morgan fingerprint density at radius 2 is 2.04 bits per heavy atom. The van der Waals surface area contributed by atoms with Crippen LogP contribution in [0.25, 0.3) is 0 Å². The SMILES string of the molecule is Cl.O=C(NCCCCc1ccc([N+](=O)[O-])cc1)c1n[nH]c2c1CNCC2. The first-order valence-electron chi connectivity index (χ1n) is 8.43. The fourth-order valence-corrected chi connectivity index (χ4v) is 2.94. The minimum absolute atomic E-state index is 0. The lowest BCUT2D eigenvalue weighted by molar-refractivity contribution is -0.384. The number of nitro benzene ring substituents is 1. The maximum absolute atomic E-state index is 12.2. The van der Waals surface area contributed by atoms with Crippen LogP contribution in [-0.4, -0.2) is 34.1 Å². The molecule has 1 amide bonds. The molecule has 1 aliphatic rings. The standard InChI is InChI=1S/C17H21N5O3.ClH/c23-17(16-14-11-18-10-8-15(14)20-21-16)19-9-2-1-3-12-4-6-13(7-5-12)22(24)25;/h4-7,18H,1-3,8-11H2,(H,19,23)(H,20,21);1H. The van der Waals surface area contributed by atoms with Gasteiger partial charge in [0.1, 0.15) is 0 Å². The Balaban J connectivity index is 0.00000243. The van der Waals surface area contributed by atoms with E-state index in [1.807, 2.05) is 0 Å². The van der Waals surface area contributed by atoms with E-state index >= 15 is 0 Å². The molecule has 1 aromatic carbocycles. The van der Waals surface area contributed by atoms with Crippen LogP contribution in [0.5, 0.6) is 0 Å². The number of aryl methyl sites for hydroxylation is 1. The van der Waals surface area contributed by atoms with Crippen LogP contribution in [0.3, 0.4) is 0 Å². The Morgan fingerprint density at radius 3 is 2.77 bits per heavy atom. The summed E-state index contributed by atoms with van der Waals surface area (Å²) >= 11 is 0. The van der Waals surface area contributed by atoms with Gasteiger partial charge in [0.15, 0.2) is 5.69 Å². The van der Waals surface area contributed by atoms with E-state index in [1.54, 1.807) is 12.1 Å². The number of non-ortho nitro benzene ring substituents is 1. The molecule has 0 unspecified atom stereocenters. The molecule has 2 heterocycles. The lowest BCUT2D eigenvalue weighted by Gasteiger charge is -2.12. The van der Waals surface area contributed by atoms with Gasteiger partial charge in [-0.2, -0.15) is 5.10 Å². The number of fused-ring (bicyclic) bond motifs is 1. The fraction of sp³-hybridized carbons (Fsp3) is 0.412. The lowest BCUT2D eigenvalue weighted by atomic mass is 10.1. The van der Waals surface area contributed by atoms with Gasteiger partial charge in [-0.3, -0.25) is 20.0 Å². The van der Waals surface area contributed by atoms with E-state index in [0.717, 1.165) is 49.0 Å². The van der Waals surface area contributed by atoms with Crippen molar-refractivity contribution in [2.45, 2.75) is 32.2 Å². The van der Waals surface area contributed by atoms with Gasteiger partial charge in [0.25, 0.3) is 11.6 Å². The monoisotopic (exact) mass is 379 g/mol. The van der Waals surface area contributed by atoms with E-state index in [0.29, 0.717) is 18.8 Å². The first-order chi connectivity index (χ1) is 12.1. The van der Waals surface area contributed by atoms with Crippen molar-refractivity contribution in [1.82, 2.24) is 20.8 Å². The molecule has 0 spiro atoms. The molecule has 3 rings (SSSR count). The topological polar surface area (TPSA) is 113 Å². The largest absolute Gasteiger partial charge is 0.351 e. The molecule has 140 valence electrons. The summed E-state index contributed by atoms with van der Waals surface area (Å²) < 4.78 is 0. The quantitative estimate of drug-likeness (QED) is 0.387. The second-order valence-electron chi connectivity index (χ2n) is 6.09. The summed E-state index contributed by atoms with van der Waals surface area (Å²) in [5, 5.41) is 23.8. The Kier molecular flexibility index (Phi) is 7.11. The second-order valence-corrected chi connectivity index (χ2v) is 6.09. The van der Waals surface area contributed by atoms with Gasteiger partial charge in [0.05, 0.1) is 4.92 Å². The average Bonchev–Trinajstić information content (AvgIpc) is 3.06. The molecule has 0 fully saturated rings. The minimum atomic E-state index is -0.400. The molecule has 0 bridgehead atoms. The third-order valence-corrected chi connectivity index (χ3v) is 4.35. The van der Waals surface area contributed by atoms with Crippen LogP contribution in [0, 0.1) is 10.1 Å². The van der Waals surface area contributed by atoms with E-state index in [9.17, 15) is 14.9 Å². The van der Waals surface area contributed by atoms with E-state index in [2.05, 4.69) is 20.8 Å². The Morgan fingerprint density at radius 1 is 1.27 bits per heavy atom. The number of benzene rings is 1. The number of carbonyl (C=O) groups excluding carboxylic acids is 1. The Bertz CT molecular complexity index is 760. The van der Waals surface area contributed by atoms with Crippen molar-refractivity contribution in [2.24, 2.45) is 0 Å². The molecule has 0 saturated heterocycles. The first-order valence-corrected chi connectivity index (χ1v) is 8.43. The van der Waals surface area contributed by atoms with Gasteiger partial charge in [0.2, 0.25) is 0 Å². The van der Waals surface area contributed by atoms with Crippen molar-refractivity contribution in [2.75, 3.05) is 13.1 Å². The molecule has 0 radical (unpaired) electrons. The molecule has 8 nitrogen and oxygen atoms in total. The van der Waals surface area contributed by atoms with E-state index in [1.165, 1.54) is 12.1 Å². The zero-order valence-corrected chi connectivity index (χ0v) is 15.1. The van der Waals surface area contributed by atoms with Crippen molar-refractivity contribution >= 4 is 24.0 Å². The van der Waals surface area contributed by atoms with Crippen LogP contribution < -0.4 is 10.6 Å². The van der Waals surface area contributed by atoms with Crippen LogP contribution in [0.1, 0.15) is 40.2 Å². The number of nitrogens with zero attached hydrogens (tertiary/aromatic N) is 2. The number of unbranched alkanes of at least 4 members (excludes halogenated alkanes) is 1. The molecule has 1 aromatic heterocycles. The Hall–Kier alpha value is -2.45. The van der Waals surface area contributed by atoms with E-state index < -0.39 is 4.92 Å². The molecule has 26 heavy (non-hydrogen) atoms. The zero-order valence-electron chi connectivity index (χ0n) is 14.3. The van der Waals surface area contributed by atoms with Gasteiger partial charge >= 0.3 is 0 Å². The maximum Gasteiger partial charge on any atom is 0.272 e. The molecule has 1 aliphatic heterocycles. The second kappa shape index (κ2) is 9.30. The van der Waals surface area contributed by atoms with E-state index in [4.69, 9.17) is 0 Å². The Labute approximate surface area is 157 Å². The van der Waals surface area contributed by atoms with Crippen LogP contribution in [0.15, 0.2) is 24.3 Å². The number of halogens is 1. The number of carbonyl (C=O) groups is 1. The average molecular weight is 380 g/mol. The number of amides is 1. The van der Waals surface area contributed by atoms with Gasteiger partial charge in [-0.1, -0.05) is 12.1 Å².